The predicted molar refractivity (Wildman–Crippen MR) is 94.4 cm³/mol. The molecule has 5 heterocycles. The van der Waals surface area contributed by atoms with Crippen LogP contribution in [-0.4, -0.2) is 56.6 Å². The highest BCUT2D eigenvalue weighted by atomic mass is 16.2. The molecule has 2 atom stereocenters. The van der Waals surface area contributed by atoms with Crippen molar-refractivity contribution in [3.05, 3.63) is 35.9 Å². The largest absolute Gasteiger partial charge is 0.338 e. The van der Waals surface area contributed by atoms with Gasteiger partial charge >= 0.3 is 0 Å². The van der Waals surface area contributed by atoms with E-state index in [-0.39, 0.29) is 11.9 Å². The highest BCUT2D eigenvalue weighted by Crippen LogP contribution is 2.30. The van der Waals surface area contributed by atoms with Crippen LogP contribution in [0.3, 0.4) is 0 Å². The summed E-state index contributed by atoms with van der Waals surface area (Å²) in [7, 11) is 0. The number of rotatable bonds is 4. The molecule has 0 aromatic carbocycles. The average Bonchev–Trinajstić information content (AvgIpc) is 2.91. The molecule has 0 unspecified atom stereocenters. The van der Waals surface area contributed by atoms with Gasteiger partial charge in [-0.3, -0.25) is 9.89 Å². The molecule has 2 aromatic rings. The van der Waals surface area contributed by atoms with Crippen molar-refractivity contribution in [1.82, 2.24) is 25.1 Å². The molecule has 1 amide bonds. The lowest BCUT2D eigenvalue weighted by Crippen LogP contribution is -2.47. The third-order valence-corrected chi connectivity index (χ3v) is 5.26. The van der Waals surface area contributed by atoms with E-state index < -0.39 is 0 Å². The number of aromatic nitrogens is 4. The molecule has 7 heteroatoms. The van der Waals surface area contributed by atoms with E-state index in [1.807, 2.05) is 6.07 Å². The molecular formula is C18H24N6O. The van der Waals surface area contributed by atoms with E-state index in [1.165, 1.54) is 0 Å². The topological polar surface area (TPSA) is 78.0 Å². The van der Waals surface area contributed by atoms with E-state index in [0.29, 0.717) is 5.92 Å². The first-order valence-electron chi connectivity index (χ1n) is 9.11. The highest BCUT2D eigenvalue weighted by Gasteiger charge is 2.38. The maximum absolute atomic E-state index is 13.2. The Morgan fingerprint density at radius 1 is 1.24 bits per heavy atom. The third kappa shape index (κ3) is 3.10. The number of amides is 1. The molecule has 0 saturated carbocycles. The van der Waals surface area contributed by atoms with Gasteiger partial charge < -0.3 is 9.80 Å². The fourth-order valence-corrected chi connectivity index (χ4v) is 4.04. The highest BCUT2D eigenvalue weighted by molar-refractivity contribution is 5.95. The molecule has 3 aliphatic rings. The Hall–Kier alpha value is -2.44. The van der Waals surface area contributed by atoms with Crippen LogP contribution in [0.15, 0.2) is 24.7 Å². The Labute approximate surface area is 147 Å². The van der Waals surface area contributed by atoms with E-state index in [1.54, 1.807) is 18.6 Å². The molecule has 7 nitrogen and oxygen atoms in total. The average molecular weight is 340 g/mol. The lowest BCUT2D eigenvalue weighted by Gasteiger charge is -2.36. The Bertz CT molecular complexity index is 730. The van der Waals surface area contributed by atoms with Gasteiger partial charge in [-0.2, -0.15) is 5.10 Å². The summed E-state index contributed by atoms with van der Waals surface area (Å²) >= 11 is 0. The number of fused-ring (bicyclic) bond motifs is 4. The van der Waals surface area contributed by atoms with Crippen LogP contribution < -0.4 is 4.90 Å². The zero-order valence-electron chi connectivity index (χ0n) is 14.6. The van der Waals surface area contributed by atoms with Crippen molar-refractivity contribution in [2.75, 3.05) is 24.5 Å². The van der Waals surface area contributed by atoms with Crippen LogP contribution in [-0.2, 0) is 6.42 Å². The van der Waals surface area contributed by atoms with Gasteiger partial charge in [-0.15, -0.1) is 0 Å². The minimum absolute atomic E-state index is 0.114. The zero-order valence-corrected chi connectivity index (χ0v) is 14.6. The zero-order chi connectivity index (χ0) is 17.2. The molecule has 0 aliphatic carbocycles. The number of carbonyl (C=O) groups is 1. The predicted octanol–water partition coefficient (Wildman–Crippen LogP) is 1.89. The molecule has 132 valence electrons. The smallest absolute Gasteiger partial charge is 0.257 e. The lowest BCUT2D eigenvalue weighted by atomic mass is 9.94. The van der Waals surface area contributed by atoms with Crippen molar-refractivity contribution in [3.63, 3.8) is 0 Å². The number of hydrogen-bond acceptors (Lipinski definition) is 5. The van der Waals surface area contributed by atoms with Gasteiger partial charge in [0.05, 0.1) is 11.8 Å². The summed E-state index contributed by atoms with van der Waals surface area (Å²) in [4.78, 5) is 26.2. The first kappa shape index (κ1) is 16.1. The van der Waals surface area contributed by atoms with Gasteiger partial charge in [-0.25, -0.2) is 9.97 Å². The first-order chi connectivity index (χ1) is 12.3. The van der Waals surface area contributed by atoms with Gasteiger partial charge in [-0.1, -0.05) is 13.3 Å². The number of piperidine rings is 1. The molecule has 2 aromatic heterocycles. The summed E-state index contributed by atoms with van der Waals surface area (Å²) < 4.78 is 0. The molecule has 0 radical (unpaired) electrons. The van der Waals surface area contributed by atoms with Crippen LogP contribution >= 0.6 is 0 Å². The standard InChI is InChI=1S/C18H24N6O/c1-2-4-16-15(9-21-22-16)17(25)24-11-13-5-6-14(24)12-23(10-13)18-19-7-3-8-20-18/h3,7-9,13-14H,2,4-6,10-12H2,1H3,(H,21,22)/t13-,14+/m0/s1. The van der Waals surface area contributed by atoms with E-state index in [4.69, 9.17) is 0 Å². The molecule has 0 spiro atoms. The molecule has 1 N–H and O–H groups in total. The summed E-state index contributed by atoms with van der Waals surface area (Å²) in [6.07, 6.45) is 9.29. The van der Waals surface area contributed by atoms with Crippen molar-refractivity contribution < 1.29 is 4.79 Å². The lowest BCUT2D eigenvalue weighted by molar-refractivity contribution is 0.0591. The molecule has 3 fully saturated rings. The Morgan fingerprint density at radius 2 is 2.08 bits per heavy atom. The van der Waals surface area contributed by atoms with Crippen molar-refractivity contribution in [1.29, 1.82) is 0 Å². The van der Waals surface area contributed by atoms with E-state index in [2.05, 4.69) is 36.9 Å². The SMILES string of the molecule is CCCc1[nH]ncc1C(=O)N1C[C@H]2CC[C@@H]1CN(c1ncccn1)C2. The van der Waals surface area contributed by atoms with E-state index in [0.717, 1.165) is 62.5 Å². The molecule has 25 heavy (non-hydrogen) atoms. The molecule has 3 saturated heterocycles. The number of anilines is 1. The number of aryl methyl sites for hydroxylation is 1. The fourth-order valence-electron chi connectivity index (χ4n) is 4.04. The number of nitrogens with zero attached hydrogens (tertiary/aromatic N) is 5. The number of carbonyl (C=O) groups excluding carboxylic acids is 1. The van der Waals surface area contributed by atoms with Crippen molar-refractivity contribution in [3.8, 4) is 0 Å². The molecular weight excluding hydrogens is 316 g/mol. The Balaban J connectivity index is 1.56. The number of nitrogens with one attached hydrogen (secondary N) is 1. The van der Waals surface area contributed by atoms with Crippen molar-refractivity contribution >= 4 is 11.9 Å². The van der Waals surface area contributed by atoms with Crippen LogP contribution in [0.1, 0.15) is 42.2 Å². The summed E-state index contributed by atoms with van der Waals surface area (Å²) in [6, 6.07) is 2.04. The maximum atomic E-state index is 13.2. The van der Waals surface area contributed by atoms with Crippen LogP contribution in [0.5, 0.6) is 0 Å². The number of hydrogen-bond donors (Lipinski definition) is 1. The van der Waals surface area contributed by atoms with Crippen LogP contribution in [0.25, 0.3) is 0 Å². The normalized spacial score (nSPS) is 22.9. The molecule has 5 rings (SSSR count). The second-order valence-electron chi connectivity index (χ2n) is 7.02. The van der Waals surface area contributed by atoms with Crippen LogP contribution in [0, 0.1) is 5.92 Å². The molecule has 3 aliphatic heterocycles. The van der Waals surface area contributed by atoms with Gasteiger partial charge in [0, 0.05) is 43.8 Å². The molecule has 2 bridgehead atoms. The van der Waals surface area contributed by atoms with Gasteiger partial charge in [-0.05, 0) is 31.2 Å². The van der Waals surface area contributed by atoms with Gasteiger partial charge in [0.25, 0.3) is 5.91 Å². The Kier molecular flexibility index (Phi) is 4.38. The van der Waals surface area contributed by atoms with Crippen LogP contribution in [0.2, 0.25) is 0 Å². The fraction of sp³-hybridized carbons (Fsp3) is 0.556. The minimum atomic E-state index is 0.114. The Morgan fingerprint density at radius 3 is 2.88 bits per heavy atom. The first-order valence-corrected chi connectivity index (χ1v) is 9.11. The third-order valence-electron chi connectivity index (χ3n) is 5.26. The summed E-state index contributed by atoms with van der Waals surface area (Å²) in [5.41, 5.74) is 1.69. The second kappa shape index (κ2) is 6.82. The van der Waals surface area contributed by atoms with E-state index in [9.17, 15) is 4.79 Å². The minimum Gasteiger partial charge on any atom is -0.338 e. The number of aromatic amines is 1. The van der Waals surface area contributed by atoms with Gasteiger partial charge in [0.2, 0.25) is 5.95 Å². The maximum Gasteiger partial charge on any atom is 0.257 e. The quantitative estimate of drug-likeness (QED) is 0.920. The number of H-pyrrole nitrogens is 1. The van der Waals surface area contributed by atoms with Crippen molar-refractivity contribution in [2.45, 2.75) is 38.6 Å². The van der Waals surface area contributed by atoms with Crippen LogP contribution in [0.4, 0.5) is 5.95 Å². The van der Waals surface area contributed by atoms with Crippen molar-refractivity contribution in [2.24, 2.45) is 5.92 Å². The van der Waals surface area contributed by atoms with Gasteiger partial charge in [0.15, 0.2) is 0 Å². The second-order valence-corrected chi connectivity index (χ2v) is 7.02. The summed E-state index contributed by atoms with van der Waals surface area (Å²) in [6.45, 7) is 4.63. The monoisotopic (exact) mass is 340 g/mol. The van der Waals surface area contributed by atoms with E-state index >= 15 is 0 Å². The summed E-state index contributed by atoms with van der Waals surface area (Å²) in [5, 5.41) is 7.09. The van der Waals surface area contributed by atoms with Gasteiger partial charge in [0.1, 0.15) is 0 Å². The summed E-state index contributed by atoms with van der Waals surface area (Å²) in [5.74, 6) is 1.35.